The summed E-state index contributed by atoms with van der Waals surface area (Å²) in [5, 5.41) is 2.98. The van der Waals surface area contributed by atoms with Crippen LogP contribution in [0.4, 0.5) is 8.78 Å². The Morgan fingerprint density at radius 3 is 2.65 bits per heavy atom. The summed E-state index contributed by atoms with van der Waals surface area (Å²) in [6, 6.07) is 10.1. The molecule has 0 bridgehead atoms. The molecule has 1 fully saturated rings. The molecule has 0 radical (unpaired) electrons. The lowest BCUT2D eigenvalue weighted by molar-refractivity contribution is -0.131. The number of amides is 1. The number of nitrogens with one attached hydrogen (secondary N) is 1. The molecule has 0 aromatic heterocycles. The highest BCUT2D eigenvalue weighted by molar-refractivity contribution is 6.21. The third-order valence-corrected chi connectivity index (χ3v) is 6.31. The van der Waals surface area contributed by atoms with Gasteiger partial charge in [-0.2, -0.15) is 0 Å². The Bertz CT molecular complexity index is 1060. The van der Waals surface area contributed by atoms with E-state index in [4.69, 9.17) is 0 Å². The maximum Gasteiger partial charge on any atom is 0.254 e. The highest BCUT2D eigenvalue weighted by atomic mass is 19.1. The normalized spacial score (nSPS) is 19.0. The zero-order valence-electron chi connectivity index (χ0n) is 17.8. The van der Waals surface area contributed by atoms with Crippen molar-refractivity contribution >= 4 is 17.3 Å². The minimum Gasteiger partial charge on any atom is -0.370 e. The van der Waals surface area contributed by atoms with Gasteiger partial charge in [-0.1, -0.05) is 31.2 Å². The van der Waals surface area contributed by atoms with Crippen molar-refractivity contribution in [2.45, 2.75) is 45.7 Å². The first-order valence-corrected chi connectivity index (χ1v) is 10.7. The van der Waals surface area contributed by atoms with Crippen LogP contribution in [0.2, 0.25) is 0 Å². The van der Waals surface area contributed by atoms with Gasteiger partial charge in [-0.3, -0.25) is 9.59 Å². The monoisotopic (exact) mass is 424 g/mol. The first kappa shape index (κ1) is 21.2. The van der Waals surface area contributed by atoms with E-state index in [9.17, 15) is 18.4 Å². The van der Waals surface area contributed by atoms with Crippen molar-refractivity contribution in [2.24, 2.45) is 5.92 Å². The minimum absolute atomic E-state index is 0.0583. The van der Waals surface area contributed by atoms with Crippen LogP contribution in [0.5, 0.6) is 0 Å². The quantitative estimate of drug-likeness (QED) is 0.728. The Morgan fingerprint density at radius 1 is 1.23 bits per heavy atom. The standard InChI is InChI=1S/C25H26F2N2O2/c1-3-12-29-14-20-18(8-5-9-21(20)27)23(15(29)2)25(31)28-24(19-10-11-22(19)30)16-6-4-7-17(26)13-16/h4-9,13,19,24H,3,10-12,14H2,1-2H3,(H,28,31)/t19?,24-/m1/s1. The van der Waals surface area contributed by atoms with Gasteiger partial charge < -0.3 is 10.2 Å². The van der Waals surface area contributed by atoms with Crippen LogP contribution in [0.25, 0.3) is 5.57 Å². The molecule has 2 aliphatic rings. The van der Waals surface area contributed by atoms with Gasteiger partial charge in [-0.05, 0) is 49.1 Å². The van der Waals surface area contributed by atoms with E-state index >= 15 is 0 Å². The Morgan fingerprint density at radius 2 is 2.00 bits per heavy atom. The van der Waals surface area contributed by atoms with Crippen molar-refractivity contribution in [1.29, 1.82) is 0 Å². The van der Waals surface area contributed by atoms with Gasteiger partial charge in [0.05, 0.1) is 11.6 Å². The summed E-state index contributed by atoms with van der Waals surface area (Å²) in [6.45, 7) is 5.01. The van der Waals surface area contributed by atoms with Crippen LogP contribution in [0.3, 0.4) is 0 Å². The fraction of sp³-hybridized carbons (Fsp3) is 0.360. The van der Waals surface area contributed by atoms with Gasteiger partial charge in [-0.15, -0.1) is 0 Å². The van der Waals surface area contributed by atoms with E-state index < -0.39 is 11.9 Å². The van der Waals surface area contributed by atoms with E-state index in [1.807, 2.05) is 18.7 Å². The maximum atomic E-state index is 14.6. The molecule has 31 heavy (non-hydrogen) atoms. The summed E-state index contributed by atoms with van der Waals surface area (Å²) in [7, 11) is 0. The van der Waals surface area contributed by atoms with E-state index in [0.717, 1.165) is 12.1 Å². The van der Waals surface area contributed by atoms with Crippen molar-refractivity contribution in [2.75, 3.05) is 6.54 Å². The lowest BCUT2D eigenvalue weighted by Crippen LogP contribution is -2.42. The van der Waals surface area contributed by atoms with Crippen LogP contribution in [0.15, 0.2) is 48.2 Å². The van der Waals surface area contributed by atoms with Crippen LogP contribution >= 0.6 is 0 Å². The van der Waals surface area contributed by atoms with Gasteiger partial charge >= 0.3 is 0 Å². The summed E-state index contributed by atoms with van der Waals surface area (Å²) < 4.78 is 28.5. The number of fused-ring (bicyclic) bond motifs is 1. The van der Waals surface area contributed by atoms with Gasteiger partial charge in [0.25, 0.3) is 5.91 Å². The Balaban J connectivity index is 1.73. The summed E-state index contributed by atoms with van der Waals surface area (Å²) >= 11 is 0. The maximum absolute atomic E-state index is 14.6. The Kier molecular flexibility index (Phi) is 5.90. The predicted molar refractivity (Wildman–Crippen MR) is 115 cm³/mol. The largest absolute Gasteiger partial charge is 0.370 e. The third kappa shape index (κ3) is 3.99. The topological polar surface area (TPSA) is 49.4 Å². The average molecular weight is 424 g/mol. The van der Waals surface area contributed by atoms with E-state index in [1.54, 1.807) is 24.3 Å². The molecule has 6 heteroatoms. The molecule has 2 aromatic carbocycles. The second kappa shape index (κ2) is 8.61. The molecule has 4 rings (SSSR count). The van der Waals surface area contributed by atoms with Crippen molar-refractivity contribution < 1.29 is 18.4 Å². The molecule has 0 saturated heterocycles. The first-order valence-electron chi connectivity index (χ1n) is 10.7. The number of hydrogen-bond acceptors (Lipinski definition) is 3. The Hall–Kier alpha value is -3.02. The Labute approximate surface area is 180 Å². The molecule has 1 aliphatic carbocycles. The SMILES string of the molecule is CCCN1Cc2c(F)cccc2C(C(=O)N[C@H](c2cccc(F)c2)C2CCC2=O)=C1C. The van der Waals surface area contributed by atoms with Gasteiger partial charge in [0.15, 0.2) is 0 Å². The van der Waals surface area contributed by atoms with Crippen molar-refractivity contribution in [3.63, 3.8) is 0 Å². The third-order valence-electron chi connectivity index (χ3n) is 6.31. The molecular weight excluding hydrogens is 398 g/mol. The van der Waals surface area contributed by atoms with Crippen LogP contribution in [0, 0.1) is 17.6 Å². The number of rotatable bonds is 6. The van der Waals surface area contributed by atoms with Crippen LogP contribution in [0.1, 0.15) is 55.8 Å². The number of halogens is 2. The average Bonchev–Trinajstić information content (AvgIpc) is 2.73. The van der Waals surface area contributed by atoms with Gasteiger partial charge in [-0.25, -0.2) is 8.78 Å². The molecule has 1 saturated carbocycles. The van der Waals surface area contributed by atoms with E-state index in [-0.39, 0.29) is 23.4 Å². The van der Waals surface area contributed by atoms with E-state index in [1.165, 1.54) is 18.2 Å². The summed E-state index contributed by atoms with van der Waals surface area (Å²) in [5.41, 5.74) is 2.80. The molecule has 1 heterocycles. The fourth-order valence-electron chi connectivity index (χ4n) is 4.53. The second-order valence-corrected chi connectivity index (χ2v) is 8.27. The molecule has 1 aliphatic heterocycles. The van der Waals surface area contributed by atoms with Crippen molar-refractivity contribution in [3.05, 3.63) is 76.5 Å². The van der Waals surface area contributed by atoms with E-state index in [2.05, 4.69) is 5.32 Å². The van der Waals surface area contributed by atoms with Crippen molar-refractivity contribution in [1.82, 2.24) is 10.2 Å². The molecule has 1 unspecified atom stereocenters. The van der Waals surface area contributed by atoms with Crippen molar-refractivity contribution in [3.8, 4) is 0 Å². The van der Waals surface area contributed by atoms with Gasteiger partial charge in [0.1, 0.15) is 17.4 Å². The lowest BCUT2D eigenvalue weighted by atomic mass is 9.75. The molecule has 2 aromatic rings. The molecule has 162 valence electrons. The first-order chi connectivity index (χ1) is 14.9. The molecular formula is C25H26F2N2O2. The number of hydrogen-bond donors (Lipinski definition) is 1. The van der Waals surface area contributed by atoms with Crippen LogP contribution in [-0.2, 0) is 16.1 Å². The number of nitrogens with zero attached hydrogens (tertiary/aromatic N) is 1. The summed E-state index contributed by atoms with van der Waals surface area (Å²) in [6.07, 6.45) is 1.97. The number of allylic oxidation sites excluding steroid dienone is 1. The number of benzene rings is 2. The molecule has 0 spiro atoms. The zero-order valence-corrected chi connectivity index (χ0v) is 17.8. The second-order valence-electron chi connectivity index (χ2n) is 8.27. The summed E-state index contributed by atoms with van der Waals surface area (Å²) in [5.74, 6) is -1.46. The fourth-order valence-corrected chi connectivity index (χ4v) is 4.53. The van der Waals surface area contributed by atoms with Crippen LogP contribution < -0.4 is 5.32 Å². The zero-order chi connectivity index (χ0) is 22.1. The number of Topliss-reactive ketones (excluding diaryl/α,β-unsaturated/α-hetero) is 1. The van der Waals surface area contributed by atoms with Gasteiger partial charge in [0.2, 0.25) is 0 Å². The number of carbonyl (C=O) groups excluding carboxylic acids is 2. The van der Waals surface area contributed by atoms with Gasteiger partial charge in [0, 0.05) is 36.7 Å². The minimum atomic E-state index is -0.622. The predicted octanol–water partition coefficient (Wildman–Crippen LogP) is 4.76. The summed E-state index contributed by atoms with van der Waals surface area (Å²) in [4.78, 5) is 27.8. The lowest BCUT2D eigenvalue weighted by Gasteiger charge is -2.36. The highest BCUT2D eigenvalue weighted by Gasteiger charge is 2.38. The highest BCUT2D eigenvalue weighted by Crippen LogP contribution is 2.38. The smallest absolute Gasteiger partial charge is 0.254 e. The molecule has 4 nitrogen and oxygen atoms in total. The molecule has 2 atom stereocenters. The molecule has 1 N–H and O–H groups in total. The number of ketones is 1. The number of carbonyl (C=O) groups is 2. The van der Waals surface area contributed by atoms with Crippen LogP contribution in [-0.4, -0.2) is 23.1 Å². The van der Waals surface area contributed by atoms with E-state index in [0.29, 0.717) is 48.2 Å². The molecule has 1 amide bonds.